The average Bonchev–Trinajstić information content (AvgIpc) is 2.21. The minimum atomic E-state index is 0.295. The highest BCUT2D eigenvalue weighted by Gasteiger charge is 2.17. The summed E-state index contributed by atoms with van der Waals surface area (Å²) in [4.78, 5) is 4.83. The monoisotopic (exact) mass is 201 g/mol. The minimum Gasteiger partial charge on any atom is -0.396 e. The van der Waals surface area contributed by atoms with Gasteiger partial charge in [0.05, 0.1) is 0 Å². The first-order valence-corrected chi connectivity index (χ1v) is 5.52. The molecule has 0 aromatic carbocycles. The molecule has 4 nitrogen and oxygen atoms in total. The molecule has 1 saturated heterocycles. The number of nitrogens with two attached hydrogens (primary N) is 1. The van der Waals surface area contributed by atoms with Gasteiger partial charge in [-0.2, -0.15) is 0 Å². The van der Waals surface area contributed by atoms with Crippen LogP contribution in [-0.4, -0.2) is 67.3 Å². The SMILES string of the molecule is CC(CO)CN1CCN(CCN)CC1. The van der Waals surface area contributed by atoms with Crippen LogP contribution in [0.3, 0.4) is 0 Å². The highest BCUT2D eigenvalue weighted by atomic mass is 16.3. The fourth-order valence-electron chi connectivity index (χ4n) is 1.88. The van der Waals surface area contributed by atoms with Crippen molar-refractivity contribution in [3.05, 3.63) is 0 Å². The summed E-state index contributed by atoms with van der Waals surface area (Å²) in [6.45, 7) is 9.65. The molecule has 1 unspecified atom stereocenters. The first-order chi connectivity index (χ1) is 6.76. The van der Waals surface area contributed by atoms with Crippen molar-refractivity contribution in [3.8, 4) is 0 Å². The molecule has 1 atom stereocenters. The Hall–Kier alpha value is -0.160. The van der Waals surface area contributed by atoms with E-state index in [4.69, 9.17) is 10.8 Å². The second kappa shape index (κ2) is 6.35. The van der Waals surface area contributed by atoms with Gasteiger partial charge in [0.15, 0.2) is 0 Å². The molecule has 14 heavy (non-hydrogen) atoms. The maximum absolute atomic E-state index is 8.95. The van der Waals surface area contributed by atoms with E-state index in [9.17, 15) is 0 Å². The normalized spacial score (nSPS) is 22.5. The van der Waals surface area contributed by atoms with Crippen LogP contribution in [0, 0.1) is 5.92 Å². The Morgan fingerprint density at radius 3 is 2.29 bits per heavy atom. The van der Waals surface area contributed by atoms with Crippen LogP contribution in [0.5, 0.6) is 0 Å². The second-order valence-corrected chi connectivity index (χ2v) is 4.22. The van der Waals surface area contributed by atoms with Crippen LogP contribution >= 0.6 is 0 Å². The largest absolute Gasteiger partial charge is 0.396 e. The Morgan fingerprint density at radius 1 is 1.21 bits per heavy atom. The number of rotatable bonds is 5. The zero-order chi connectivity index (χ0) is 10.4. The number of aliphatic hydroxyl groups excluding tert-OH is 1. The predicted octanol–water partition coefficient (Wildman–Crippen LogP) is -0.809. The molecule has 0 aromatic heterocycles. The van der Waals surface area contributed by atoms with Gasteiger partial charge in [0.1, 0.15) is 0 Å². The third-order valence-electron chi connectivity index (χ3n) is 2.79. The second-order valence-electron chi connectivity index (χ2n) is 4.22. The van der Waals surface area contributed by atoms with Crippen molar-refractivity contribution in [2.75, 3.05) is 52.4 Å². The van der Waals surface area contributed by atoms with Crippen molar-refractivity contribution in [3.63, 3.8) is 0 Å². The molecule has 1 rings (SSSR count). The van der Waals surface area contributed by atoms with Crippen molar-refractivity contribution < 1.29 is 5.11 Å². The number of aliphatic hydroxyl groups is 1. The van der Waals surface area contributed by atoms with Crippen LogP contribution < -0.4 is 5.73 Å². The lowest BCUT2D eigenvalue weighted by Gasteiger charge is -2.35. The Kier molecular flexibility index (Phi) is 5.40. The maximum Gasteiger partial charge on any atom is 0.0468 e. The van der Waals surface area contributed by atoms with E-state index in [0.29, 0.717) is 12.5 Å². The lowest BCUT2D eigenvalue weighted by atomic mass is 10.1. The van der Waals surface area contributed by atoms with Gasteiger partial charge in [0.25, 0.3) is 0 Å². The van der Waals surface area contributed by atoms with E-state index in [0.717, 1.165) is 45.8 Å². The Morgan fingerprint density at radius 2 is 1.79 bits per heavy atom. The minimum absolute atomic E-state index is 0.295. The van der Waals surface area contributed by atoms with Gasteiger partial charge in [-0.05, 0) is 5.92 Å². The molecule has 0 spiro atoms. The molecule has 4 heteroatoms. The number of hydrogen-bond acceptors (Lipinski definition) is 4. The summed E-state index contributed by atoms with van der Waals surface area (Å²) >= 11 is 0. The quantitative estimate of drug-likeness (QED) is 0.611. The highest BCUT2D eigenvalue weighted by molar-refractivity contribution is 4.73. The van der Waals surface area contributed by atoms with Crippen LogP contribution in [-0.2, 0) is 0 Å². The summed E-state index contributed by atoms with van der Waals surface area (Å²) < 4.78 is 0. The zero-order valence-electron chi connectivity index (χ0n) is 9.15. The van der Waals surface area contributed by atoms with Crippen LogP contribution in [0.15, 0.2) is 0 Å². The fraction of sp³-hybridized carbons (Fsp3) is 1.00. The van der Waals surface area contributed by atoms with Crippen LogP contribution in [0.1, 0.15) is 6.92 Å². The summed E-state index contributed by atoms with van der Waals surface area (Å²) in [5.41, 5.74) is 5.51. The van der Waals surface area contributed by atoms with Gasteiger partial charge in [-0.15, -0.1) is 0 Å². The zero-order valence-corrected chi connectivity index (χ0v) is 9.15. The molecule has 0 aliphatic carbocycles. The van der Waals surface area contributed by atoms with Gasteiger partial charge in [-0.25, -0.2) is 0 Å². The summed E-state index contributed by atoms with van der Waals surface area (Å²) in [6.07, 6.45) is 0. The molecule has 1 aliphatic heterocycles. The number of nitrogens with zero attached hydrogens (tertiary/aromatic N) is 2. The highest BCUT2D eigenvalue weighted by Crippen LogP contribution is 2.04. The van der Waals surface area contributed by atoms with Gasteiger partial charge in [-0.1, -0.05) is 6.92 Å². The summed E-state index contributed by atoms with van der Waals surface area (Å²) in [7, 11) is 0. The Bertz CT molecular complexity index is 146. The first-order valence-electron chi connectivity index (χ1n) is 5.52. The molecule has 0 bridgehead atoms. The van der Waals surface area contributed by atoms with Crippen molar-refractivity contribution in [2.24, 2.45) is 11.7 Å². The van der Waals surface area contributed by atoms with Gasteiger partial charge >= 0.3 is 0 Å². The topological polar surface area (TPSA) is 52.7 Å². The standard InChI is InChI=1S/C10H23N3O/c1-10(9-14)8-13-6-4-12(3-2-11)5-7-13/h10,14H,2-9,11H2,1H3. The lowest BCUT2D eigenvalue weighted by Crippen LogP contribution is -2.48. The van der Waals surface area contributed by atoms with Crippen LogP contribution in [0.4, 0.5) is 0 Å². The van der Waals surface area contributed by atoms with Crippen LogP contribution in [0.25, 0.3) is 0 Å². The molecule has 0 radical (unpaired) electrons. The van der Waals surface area contributed by atoms with Crippen molar-refractivity contribution in [1.29, 1.82) is 0 Å². The molecule has 0 aromatic rings. The molecule has 1 fully saturated rings. The number of piperazine rings is 1. The first kappa shape index (κ1) is 11.9. The van der Waals surface area contributed by atoms with Crippen molar-refractivity contribution in [2.45, 2.75) is 6.92 Å². The molecule has 84 valence electrons. The van der Waals surface area contributed by atoms with Crippen LogP contribution in [0.2, 0.25) is 0 Å². The summed E-state index contributed by atoms with van der Waals surface area (Å²) in [5.74, 6) is 0.399. The van der Waals surface area contributed by atoms with Crippen molar-refractivity contribution in [1.82, 2.24) is 9.80 Å². The maximum atomic E-state index is 8.95. The van der Waals surface area contributed by atoms with Gasteiger partial charge in [0, 0.05) is 52.4 Å². The third kappa shape index (κ3) is 3.92. The number of hydrogen-bond donors (Lipinski definition) is 2. The smallest absolute Gasteiger partial charge is 0.0468 e. The van der Waals surface area contributed by atoms with E-state index in [1.165, 1.54) is 0 Å². The molecule has 1 aliphatic rings. The van der Waals surface area contributed by atoms with E-state index >= 15 is 0 Å². The van der Waals surface area contributed by atoms with Gasteiger partial charge in [0.2, 0.25) is 0 Å². The average molecular weight is 201 g/mol. The Balaban J connectivity index is 2.15. The molecular formula is C10H23N3O. The van der Waals surface area contributed by atoms with E-state index in [2.05, 4.69) is 16.7 Å². The molecule has 0 amide bonds. The predicted molar refractivity (Wildman–Crippen MR) is 58.2 cm³/mol. The van der Waals surface area contributed by atoms with E-state index < -0.39 is 0 Å². The van der Waals surface area contributed by atoms with E-state index in [1.807, 2.05) is 0 Å². The molecule has 3 N–H and O–H groups in total. The van der Waals surface area contributed by atoms with Crippen molar-refractivity contribution >= 4 is 0 Å². The molecule has 0 saturated carbocycles. The third-order valence-corrected chi connectivity index (χ3v) is 2.79. The molecular weight excluding hydrogens is 178 g/mol. The van der Waals surface area contributed by atoms with E-state index in [-0.39, 0.29) is 0 Å². The summed E-state index contributed by atoms with van der Waals surface area (Å²) in [5, 5.41) is 8.95. The van der Waals surface area contributed by atoms with E-state index in [1.54, 1.807) is 0 Å². The van der Waals surface area contributed by atoms with Gasteiger partial charge in [-0.3, -0.25) is 4.90 Å². The molecule has 1 heterocycles. The fourth-order valence-corrected chi connectivity index (χ4v) is 1.88. The Labute approximate surface area is 86.7 Å². The lowest BCUT2D eigenvalue weighted by molar-refractivity contribution is 0.107. The summed E-state index contributed by atoms with van der Waals surface area (Å²) in [6, 6.07) is 0. The van der Waals surface area contributed by atoms with Gasteiger partial charge < -0.3 is 15.7 Å².